The molecular formula is C15H17N5O3S. The number of hydrogen-bond donors (Lipinski definition) is 2. The number of carbonyl (C=O) groups is 1. The molecule has 0 fully saturated rings. The summed E-state index contributed by atoms with van der Waals surface area (Å²) >= 11 is 0. The fraction of sp³-hybridized carbons (Fsp3) is 0.267. The lowest BCUT2D eigenvalue weighted by Crippen LogP contribution is -2.30. The van der Waals surface area contributed by atoms with Crippen LogP contribution < -0.4 is 4.72 Å². The summed E-state index contributed by atoms with van der Waals surface area (Å²) in [6.45, 7) is 4.91. The van der Waals surface area contributed by atoms with E-state index in [4.69, 9.17) is 5.26 Å². The van der Waals surface area contributed by atoms with Crippen molar-refractivity contribution in [3.63, 3.8) is 0 Å². The fourth-order valence-electron chi connectivity index (χ4n) is 2.12. The van der Waals surface area contributed by atoms with E-state index in [2.05, 4.69) is 14.9 Å². The number of sulfonamides is 1. The Morgan fingerprint density at radius 1 is 1.29 bits per heavy atom. The molecule has 0 aliphatic heterocycles. The zero-order valence-electron chi connectivity index (χ0n) is 13.3. The molecule has 126 valence electrons. The van der Waals surface area contributed by atoms with Crippen molar-refractivity contribution >= 4 is 21.6 Å². The SMILES string of the molecule is CCN(CC)C(=O)c1ccc(S(=O)(=O)Nc2cn[nH]c2C#N)cc1. The third kappa shape index (κ3) is 3.55. The number of nitriles is 1. The van der Waals surface area contributed by atoms with Crippen LogP contribution in [0.5, 0.6) is 0 Å². The van der Waals surface area contributed by atoms with Gasteiger partial charge in [0, 0.05) is 18.7 Å². The first-order valence-corrected chi connectivity index (χ1v) is 8.76. The first kappa shape index (κ1) is 17.5. The van der Waals surface area contributed by atoms with Gasteiger partial charge in [0.05, 0.1) is 11.1 Å². The maximum atomic E-state index is 12.3. The molecule has 1 aromatic heterocycles. The van der Waals surface area contributed by atoms with Gasteiger partial charge in [0.1, 0.15) is 11.8 Å². The monoisotopic (exact) mass is 347 g/mol. The van der Waals surface area contributed by atoms with Gasteiger partial charge in [-0.2, -0.15) is 10.4 Å². The van der Waals surface area contributed by atoms with Crippen molar-refractivity contribution in [2.45, 2.75) is 18.7 Å². The minimum atomic E-state index is -3.88. The van der Waals surface area contributed by atoms with Crippen molar-refractivity contribution in [3.05, 3.63) is 41.7 Å². The molecule has 1 heterocycles. The molecule has 0 saturated carbocycles. The van der Waals surface area contributed by atoms with Crippen molar-refractivity contribution in [1.82, 2.24) is 15.1 Å². The summed E-state index contributed by atoms with van der Waals surface area (Å²) in [6.07, 6.45) is 1.22. The molecule has 0 radical (unpaired) electrons. The van der Waals surface area contributed by atoms with Crippen LogP contribution in [0.2, 0.25) is 0 Å². The summed E-state index contributed by atoms with van der Waals surface area (Å²) in [7, 11) is -3.88. The summed E-state index contributed by atoms with van der Waals surface area (Å²) in [5.41, 5.74) is 0.506. The maximum Gasteiger partial charge on any atom is 0.262 e. The van der Waals surface area contributed by atoms with Crippen molar-refractivity contribution < 1.29 is 13.2 Å². The topological polar surface area (TPSA) is 119 Å². The number of aromatic nitrogens is 2. The first-order chi connectivity index (χ1) is 11.4. The van der Waals surface area contributed by atoms with E-state index in [9.17, 15) is 13.2 Å². The summed E-state index contributed by atoms with van der Waals surface area (Å²) < 4.78 is 27.0. The van der Waals surface area contributed by atoms with Crippen LogP contribution in [0.1, 0.15) is 29.9 Å². The summed E-state index contributed by atoms with van der Waals surface area (Å²) in [5.74, 6) is -0.154. The first-order valence-electron chi connectivity index (χ1n) is 7.28. The van der Waals surface area contributed by atoms with Crippen LogP contribution in [-0.4, -0.2) is 42.5 Å². The quantitative estimate of drug-likeness (QED) is 0.822. The highest BCUT2D eigenvalue weighted by Gasteiger charge is 2.19. The highest BCUT2D eigenvalue weighted by molar-refractivity contribution is 7.92. The molecule has 2 N–H and O–H groups in total. The second kappa shape index (κ2) is 7.14. The molecule has 0 spiro atoms. The van der Waals surface area contributed by atoms with E-state index in [0.717, 1.165) is 0 Å². The summed E-state index contributed by atoms with van der Waals surface area (Å²) in [4.78, 5) is 13.9. The Balaban J connectivity index is 2.24. The highest BCUT2D eigenvalue weighted by atomic mass is 32.2. The number of nitrogens with zero attached hydrogens (tertiary/aromatic N) is 3. The van der Waals surface area contributed by atoms with Gasteiger partial charge in [-0.25, -0.2) is 8.42 Å². The molecular weight excluding hydrogens is 330 g/mol. The molecule has 2 aromatic rings. The number of benzene rings is 1. The molecule has 1 amide bonds. The van der Waals surface area contributed by atoms with E-state index in [1.54, 1.807) is 11.0 Å². The average Bonchev–Trinajstić information content (AvgIpc) is 3.02. The minimum Gasteiger partial charge on any atom is -0.339 e. The molecule has 8 nitrogen and oxygen atoms in total. The van der Waals surface area contributed by atoms with Gasteiger partial charge in [0.2, 0.25) is 0 Å². The number of anilines is 1. The van der Waals surface area contributed by atoms with Crippen molar-refractivity contribution in [2.24, 2.45) is 0 Å². The van der Waals surface area contributed by atoms with E-state index in [1.165, 1.54) is 30.5 Å². The third-order valence-corrected chi connectivity index (χ3v) is 4.84. The molecule has 0 aliphatic rings. The van der Waals surface area contributed by atoms with Gasteiger partial charge in [0.15, 0.2) is 5.69 Å². The van der Waals surface area contributed by atoms with E-state index in [0.29, 0.717) is 18.7 Å². The lowest BCUT2D eigenvalue weighted by atomic mass is 10.2. The average molecular weight is 347 g/mol. The number of hydrogen-bond acceptors (Lipinski definition) is 5. The zero-order chi connectivity index (χ0) is 17.7. The van der Waals surface area contributed by atoms with E-state index < -0.39 is 10.0 Å². The zero-order valence-corrected chi connectivity index (χ0v) is 14.1. The van der Waals surface area contributed by atoms with Crippen molar-refractivity contribution in [3.8, 4) is 6.07 Å². The van der Waals surface area contributed by atoms with Gasteiger partial charge in [-0.1, -0.05) is 0 Å². The lowest BCUT2D eigenvalue weighted by Gasteiger charge is -2.18. The van der Waals surface area contributed by atoms with Crippen LogP contribution in [0.25, 0.3) is 0 Å². The number of amides is 1. The molecule has 2 rings (SSSR count). The van der Waals surface area contributed by atoms with Gasteiger partial charge in [0.25, 0.3) is 15.9 Å². The second-order valence-corrected chi connectivity index (χ2v) is 6.56. The molecule has 1 aromatic carbocycles. The predicted octanol–water partition coefficient (Wildman–Crippen LogP) is 1.56. The van der Waals surface area contributed by atoms with Crippen LogP contribution in [0.4, 0.5) is 5.69 Å². The summed E-state index contributed by atoms with van der Waals surface area (Å²) in [5, 5.41) is 14.9. The molecule has 0 unspecified atom stereocenters. The Morgan fingerprint density at radius 2 is 1.92 bits per heavy atom. The highest BCUT2D eigenvalue weighted by Crippen LogP contribution is 2.18. The van der Waals surface area contributed by atoms with Gasteiger partial charge < -0.3 is 4.90 Å². The fourth-order valence-corrected chi connectivity index (χ4v) is 3.18. The third-order valence-electron chi connectivity index (χ3n) is 3.46. The molecule has 0 atom stereocenters. The molecule has 9 heteroatoms. The van der Waals surface area contributed by atoms with Crippen LogP contribution in [-0.2, 0) is 10.0 Å². The Morgan fingerprint density at radius 3 is 2.46 bits per heavy atom. The lowest BCUT2D eigenvalue weighted by molar-refractivity contribution is 0.0773. The Bertz CT molecular complexity index is 861. The largest absolute Gasteiger partial charge is 0.339 e. The van der Waals surface area contributed by atoms with E-state index >= 15 is 0 Å². The van der Waals surface area contributed by atoms with Gasteiger partial charge >= 0.3 is 0 Å². The standard InChI is InChI=1S/C15H17N5O3S/c1-3-20(4-2)15(21)11-5-7-12(8-6-11)24(22,23)19-14-10-17-18-13(14)9-16/h5-8,10,19H,3-4H2,1-2H3,(H,17,18). The Kier molecular flexibility index (Phi) is 5.21. The Labute approximate surface area is 140 Å². The normalized spacial score (nSPS) is 10.9. The van der Waals surface area contributed by atoms with Crippen LogP contribution in [0.3, 0.4) is 0 Å². The predicted molar refractivity (Wildman–Crippen MR) is 87.8 cm³/mol. The summed E-state index contributed by atoms with van der Waals surface area (Å²) in [6, 6.07) is 7.44. The second-order valence-electron chi connectivity index (χ2n) is 4.88. The van der Waals surface area contributed by atoms with Crippen LogP contribution >= 0.6 is 0 Å². The number of rotatable bonds is 6. The maximum absolute atomic E-state index is 12.3. The Hall–Kier alpha value is -2.86. The molecule has 0 saturated heterocycles. The van der Waals surface area contributed by atoms with E-state index in [-0.39, 0.29) is 22.2 Å². The van der Waals surface area contributed by atoms with Crippen molar-refractivity contribution in [2.75, 3.05) is 17.8 Å². The molecule has 24 heavy (non-hydrogen) atoms. The molecule has 0 aliphatic carbocycles. The number of aromatic amines is 1. The van der Waals surface area contributed by atoms with Crippen molar-refractivity contribution in [1.29, 1.82) is 5.26 Å². The smallest absolute Gasteiger partial charge is 0.262 e. The minimum absolute atomic E-state index is 0.0105. The van der Waals surface area contributed by atoms with Gasteiger partial charge in [-0.15, -0.1) is 0 Å². The number of nitrogens with one attached hydrogen (secondary N) is 2. The van der Waals surface area contributed by atoms with E-state index in [1.807, 2.05) is 13.8 Å². The molecule has 0 bridgehead atoms. The number of carbonyl (C=O) groups excluding carboxylic acids is 1. The van der Waals surface area contributed by atoms with Gasteiger partial charge in [-0.05, 0) is 38.1 Å². The van der Waals surface area contributed by atoms with Crippen LogP contribution in [0.15, 0.2) is 35.4 Å². The van der Waals surface area contributed by atoms with Gasteiger partial charge in [-0.3, -0.25) is 14.6 Å². The number of H-pyrrole nitrogens is 1. The van der Waals surface area contributed by atoms with Crippen LogP contribution in [0, 0.1) is 11.3 Å².